The number of piperidine rings is 1. The molecule has 0 saturated carbocycles. The number of rotatable bonds is 6. The Morgan fingerprint density at radius 2 is 1.86 bits per heavy atom. The predicted octanol–water partition coefficient (Wildman–Crippen LogP) is 3.96. The molecular formula is C20H25ClN2O3S2. The van der Waals surface area contributed by atoms with Crippen LogP contribution in [0.4, 0.5) is 0 Å². The average Bonchev–Trinajstić information content (AvgIpc) is 3.15. The van der Waals surface area contributed by atoms with Gasteiger partial charge >= 0.3 is 0 Å². The van der Waals surface area contributed by atoms with Gasteiger partial charge in [-0.25, -0.2) is 12.7 Å². The number of carbonyl (C=O) groups excluding carboxylic acids is 1. The molecule has 1 aliphatic heterocycles. The van der Waals surface area contributed by atoms with Gasteiger partial charge in [0.1, 0.15) is 0 Å². The van der Waals surface area contributed by atoms with Crippen molar-refractivity contribution in [2.45, 2.75) is 38.1 Å². The molecular weight excluding hydrogens is 416 g/mol. The number of nitrogens with zero attached hydrogens (tertiary/aromatic N) is 1. The van der Waals surface area contributed by atoms with E-state index in [4.69, 9.17) is 11.6 Å². The number of thiophene rings is 1. The smallest absolute Gasteiger partial charge is 0.231 e. The number of carbonyl (C=O) groups is 1. The fourth-order valence-corrected chi connectivity index (χ4v) is 5.87. The molecule has 1 amide bonds. The highest BCUT2D eigenvalue weighted by Crippen LogP contribution is 2.38. The maximum absolute atomic E-state index is 13.4. The first-order valence-corrected chi connectivity index (χ1v) is 12.2. The van der Waals surface area contributed by atoms with Crippen molar-refractivity contribution in [1.29, 1.82) is 0 Å². The lowest BCUT2D eigenvalue weighted by molar-refractivity contribution is -0.129. The molecule has 1 N–H and O–H groups in total. The fraction of sp³-hybridized carbons (Fsp3) is 0.450. The van der Waals surface area contributed by atoms with Crippen LogP contribution in [0.2, 0.25) is 4.34 Å². The third-order valence-electron chi connectivity index (χ3n) is 5.46. The summed E-state index contributed by atoms with van der Waals surface area (Å²) in [6, 6.07) is 13.2. The van der Waals surface area contributed by atoms with Crippen molar-refractivity contribution in [3.63, 3.8) is 0 Å². The molecule has 1 aliphatic rings. The van der Waals surface area contributed by atoms with Gasteiger partial charge in [-0.2, -0.15) is 0 Å². The summed E-state index contributed by atoms with van der Waals surface area (Å²) in [5.74, 6) is 0.0116. The summed E-state index contributed by atoms with van der Waals surface area (Å²) in [5, 5.41) is 3.13. The first-order valence-electron chi connectivity index (χ1n) is 9.38. The molecule has 5 nitrogen and oxygen atoms in total. The molecule has 0 bridgehead atoms. The number of nitrogens with one attached hydrogen (secondary N) is 1. The number of hydrogen-bond acceptors (Lipinski definition) is 4. The average molecular weight is 441 g/mol. The van der Waals surface area contributed by atoms with E-state index in [0.29, 0.717) is 30.3 Å². The fourth-order valence-electron chi connectivity index (χ4n) is 3.70. The largest absolute Gasteiger partial charge is 0.348 e. The highest BCUT2D eigenvalue weighted by Gasteiger charge is 2.45. The van der Waals surface area contributed by atoms with Crippen LogP contribution in [0.5, 0.6) is 0 Å². The minimum absolute atomic E-state index is 0.0655. The van der Waals surface area contributed by atoms with Crippen LogP contribution in [0, 0.1) is 0 Å². The summed E-state index contributed by atoms with van der Waals surface area (Å²) < 4.78 is 26.7. The molecule has 1 aromatic heterocycles. The lowest BCUT2D eigenvalue weighted by Gasteiger charge is -2.41. The Bertz CT molecular complexity index is 920. The van der Waals surface area contributed by atoms with E-state index in [0.717, 1.165) is 10.4 Å². The summed E-state index contributed by atoms with van der Waals surface area (Å²) in [5.41, 5.74) is 0.188. The molecule has 3 rings (SSSR count). The van der Waals surface area contributed by atoms with Gasteiger partial charge < -0.3 is 5.32 Å². The van der Waals surface area contributed by atoms with Crippen LogP contribution in [0.3, 0.4) is 0 Å². The highest BCUT2D eigenvalue weighted by atomic mass is 35.5. The number of benzene rings is 1. The van der Waals surface area contributed by atoms with Crippen molar-refractivity contribution in [2.24, 2.45) is 0 Å². The van der Waals surface area contributed by atoms with E-state index < -0.39 is 15.4 Å². The second-order valence-electron chi connectivity index (χ2n) is 7.08. The highest BCUT2D eigenvalue weighted by molar-refractivity contribution is 7.89. The van der Waals surface area contributed by atoms with Gasteiger partial charge in [0.15, 0.2) is 0 Å². The van der Waals surface area contributed by atoms with Crippen LogP contribution in [-0.4, -0.2) is 37.5 Å². The van der Waals surface area contributed by atoms with Crippen molar-refractivity contribution in [3.8, 4) is 0 Å². The number of amides is 1. The van der Waals surface area contributed by atoms with Crippen LogP contribution in [0.1, 0.15) is 43.2 Å². The van der Waals surface area contributed by atoms with Crippen molar-refractivity contribution in [1.82, 2.24) is 9.62 Å². The molecule has 1 atom stereocenters. The third kappa shape index (κ3) is 4.27. The Kier molecular flexibility index (Phi) is 6.49. The molecule has 1 fully saturated rings. The van der Waals surface area contributed by atoms with E-state index in [1.165, 1.54) is 15.6 Å². The summed E-state index contributed by atoms with van der Waals surface area (Å²) in [6.45, 7) is 4.28. The van der Waals surface area contributed by atoms with E-state index in [2.05, 4.69) is 5.32 Å². The lowest BCUT2D eigenvalue weighted by atomic mass is 9.72. The molecule has 1 saturated heterocycles. The van der Waals surface area contributed by atoms with Crippen molar-refractivity contribution in [2.75, 3.05) is 18.8 Å². The maximum atomic E-state index is 13.4. The summed E-state index contributed by atoms with van der Waals surface area (Å²) in [7, 11) is -3.25. The second-order valence-corrected chi connectivity index (χ2v) is 11.1. The second kappa shape index (κ2) is 8.53. The minimum atomic E-state index is -3.25. The number of halogens is 1. The molecule has 8 heteroatoms. The topological polar surface area (TPSA) is 66.5 Å². The maximum Gasteiger partial charge on any atom is 0.231 e. The first-order chi connectivity index (χ1) is 13.3. The molecule has 152 valence electrons. The molecule has 28 heavy (non-hydrogen) atoms. The molecule has 1 unspecified atom stereocenters. The molecule has 0 radical (unpaired) electrons. The van der Waals surface area contributed by atoms with Crippen molar-refractivity contribution in [3.05, 3.63) is 57.2 Å². The number of hydrogen-bond donors (Lipinski definition) is 1. The van der Waals surface area contributed by atoms with Gasteiger partial charge in [0.05, 0.1) is 21.5 Å². The molecule has 2 heterocycles. The zero-order valence-electron chi connectivity index (χ0n) is 16.0. The monoisotopic (exact) mass is 440 g/mol. The summed E-state index contributed by atoms with van der Waals surface area (Å²) >= 11 is 7.48. The van der Waals surface area contributed by atoms with Gasteiger partial charge in [-0.3, -0.25) is 4.79 Å². The zero-order chi connectivity index (χ0) is 20.4. The summed E-state index contributed by atoms with van der Waals surface area (Å²) in [6.07, 6.45) is 0.917. The van der Waals surface area contributed by atoms with Gasteiger partial charge in [0.2, 0.25) is 15.9 Å². The van der Waals surface area contributed by atoms with E-state index in [9.17, 15) is 13.2 Å². The number of sulfonamides is 1. The van der Waals surface area contributed by atoms with E-state index in [1.807, 2.05) is 49.4 Å². The summed E-state index contributed by atoms with van der Waals surface area (Å²) in [4.78, 5) is 14.4. The minimum Gasteiger partial charge on any atom is -0.348 e. The first kappa shape index (κ1) is 21.3. The van der Waals surface area contributed by atoms with Gasteiger partial charge in [-0.15, -0.1) is 11.3 Å². The standard InChI is InChI=1S/C20H25ClN2O3S2/c1-3-28(25,26)23-13-11-20(12-14-23,16-7-5-4-6-8-16)19(24)22-15(2)17-9-10-18(21)27-17/h4-10,15H,3,11-14H2,1-2H3,(H,22,24). The molecule has 0 aliphatic carbocycles. The Balaban J connectivity index is 1.85. The SMILES string of the molecule is CCS(=O)(=O)N1CCC(C(=O)NC(C)c2ccc(Cl)s2)(c2ccccc2)CC1. The van der Waals surface area contributed by atoms with Crippen LogP contribution in [0.25, 0.3) is 0 Å². The quantitative estimate of drug-likeness (QED) is 0.739. The van der Waals surface area contributed by atoms with Crippen LogP contribution in [-0.2, 0) is 20.2 Å². The van der Waals surface area contributed by atoms with Gasteiger partial charge in [0.25, 0.3) is 0 Å². The van der Waals surface area contributed by atoms with Gasteiger partial charge in [0, 0.05) is 18.0 Å². The lowest BCUT2D eigenvalue weighted by Crippen LogP contribution is -2.53. The van der Waals surface area contributed by atoms with Crippen molar-refractivity contribution < 1.29 is 13.2 Å². The van der Waals surface area contributed by atoms with Gasteiger partial charge in [-0.1, -0.05) is 41.9 Å². The molecule has 2 aromatic rings. The van der Waals surface area contributed by atoms with Crippen LogP contribution < -0.4 is 5.32 Å². The molecule has 0 spiro atoms. The molecule has 1 aromatic carbocycles. The van der Waals surface area contributed by atoms with Crippen LogP contribution >= 0.6 is 22.9 Å². The van der Waals surface area contributed by atoms with E-state index >= 15 is 0 Å². The van der Waals surface area contributed by atoms with Crippen molar-refractivity contribution >= 4 is 38.9 Å². The predicted molar refractivity (Wildman–Crippen MR) is 114 cm³/mol. The Labute approximate surface area is 175 Å². The Morgan fingerprint density at radius 1 is 1.21 bits per heavy atom. The van der Waals surface area contributed by atoms with E-state index in [1.54, 1.807) is 6.92 Å². The normalized spacial score (nSPS) is 18.5. The Morgan fingerprint density at radius 3 is 2.39 bits per heavy atom. The van der Waals surface area contributed by atoms with E-state index in [-0.39, 0.29) is 17.7 Å². The Hall–Kier alpha value is -1.41. The van der Waals surface area contributed by atoms with Crippen LogP contribution in [0.15, 0.2) is 42.5 Å². The third-order valence-corrected chi connectivity index (χ3v) is 8.76. The zero-order valence-corrected chi connectivity index (χ0v) is 18.4. The van der Waals surface area contributed by atoms with Gasteiger partial charge in [-0.05, 0) is 44.4 Å².